The second-order valence-corrected chi connectivity index (χ2v) is 4.46. The van der Waals surface area contributed by atoms with Crippen LogP contribution in [0.15, 0.2) is 0 Å². The summed E-state index contributed by atoms with van der Waals surface area (Å²) in [5.74, 6) is 0.787. The lowest BCUT2D eigenvalue weighted by atomic mass is 10.0. The zero-order chi connectivity index (χ0) is 10.6. The van der Waals surface area contributed by atoms with Gasteiger partial charge in [-0.05, 0) is 18.8 Å². The quantitative estimate of drug-likeness (QED) is 0.744. The SMILES string of the molecule is CC[C@H](C)CC(=O)N1CCC[C@@H](N)C1. The molecule has 1 heterocycles. The topological polar surface area (TPSA) is 46.3 Å². The fourth-order valence-electron chi connectivity index (χ4n) is 1.81. The Balaban J connectivity index is 2.36. The van der Waals surface area contributed by atoms with Gasteiger partial charge < -0.3 is 10.6 Å². The molecule has 0 spiro atoms. The molecule has 0 aromatic heterocycles. The fourth-order valence-corrected chi connectivity index (χ4v) is 1.81. The van der Waals surface area contributed by atoms with Gasteiger partial charge in [0.05, 0.1) is 0 Å². The van der Waals surface area contributed by atoms with Crippen LogP contribution in [-0.4, -0.2) is 29.9 Å². The van der Waals surface area contributed by atoms with Gasteiger partial charge in [-0.25, -0.2) is 0 Å². The zero-order valence-corrected chi connectivity index (χ0v) is 9.33. The predicted molar refractivity (Wildman–Crippen MR) is 57.9 cm³/mol. The van der Waals surface area contributed by atoms with Crippen LogP contribution in [0.1, 0.15) is 39.5 Å². The van der Waals surface area contributed by atoms with Crippen molar-refractivity contribution in [1.29, 1.82) is 0 Å². The summed E-state index contributed by atoms with van der Waals surface area (Å²) in [6.45, 7) is 5.92. The third-order valence-corrected chi connectivity index (χ3v) is 3.03. The van der Waals surface area contributed by atoms with Crippen molar-refractivity contribution in [3.05, 3.63) is 0 Å². The summed E-state index contributed by atoms with van der Waals surface area (Å²) in [7, 11) is 0. The summed E-state index contributed by atoms with van der Waals surface area (Å²) in [4.78, 5) is 13.7. The molecular weight excluding hydrogens is 176 g/mol. The Labute approximate surface area is 86.6 Å². The summed E-state index contributed by atoms with van der Waals surface area (Å²) in [5.41, 5.74) is 5.83. The van der Waals surface area contributed by atoms with Crippen molar-refractivity contribution in [3.63, 3.8) is 0 Å². The first-order valence-electron chi connectivity index (χ1n) is 5.66. The van der Waals surface area contributed by atoms with E-state index in [2.05, 4.69) is 13.8 Å². The minimum absolute atomic E-state index is 0.199. The minimum atomic E-state index is 0.199. The fraction of sp³-hybridized carbons (Fsp3) is 0.909. The summed E-state index contributed by atoms with van der Waals surface area (Å²) < 4.78 is 0. The van der Waals surface area contributed by atoms with E-state index in [1.807, 2.05) is 4.90 Å². The summed E-state index contributed by atoms with van der Waals surface area (Å²) >= 11 is 0. The van der Waals surface area contributed by atoms with Crippen LogP contribution >= 0.6 is 0 Å². The number of carbonyl (C=O) groups excluding carboxylic acids is 1. The molecule has 0 bridgehead atoms. The molecule has 1 aliphatic heterocycles. The van der Waals surface area contributed by atoms with E-state index in [9.17, 15) is 4.79 Å². The summed E-state index contributed by atoms with van der Waals surface area (Å²) in [6.07, 6.45) is 3.88. The molecule has 2 atom stereocenters. The van der Waals surface area contributed by atoms with Crippen molar-refractivity contribution in [3.8, 4) is 0 Å². The molecule has 0 aliphatic carbocycles. The molecule has 82 valence electrons. The van der Waals surface area contributed by atoms with Crippen molar-refractivity contribution >= 4 is 5.91 Å². The highest BCUT2D eigenvalue weighted by molar-refractivity contribution is 5.76. The van der Waals surface area contributed by atoms with Crippen molar-refractivity contribution in [2.24, 2.45) is 11.7 Å². The second-order valence-electron chi connectivity index (χ2n) is 4.46. The van der Waals surface area contributed by atoms with Crippen molar-refractivity contribution in [2.45, 2.75) is 45.6 Å². The Bertz CT molecular complexity index is 194. The number of rotatable bonds is 3. The Hall–Kier alpha value is -0.570. The Morgan fingerprint density at radius 3 is 2.93 bits per heavy atom. The second kappa shape index (κ2) is 5.35. The van der Waals surface area contributed by atoms with E-state index < -0.39 is 0 Å². The molecule has 0 unspecified atom stereocenters. The smallest absolute Gasteiger partial charge is 0.222 e. The summed E-state index contributed by atoms with van der Waals surface area (Å²) in [5, 5.41) is 0. The number of amides is 1. The minimum Gasteiger partial charge on any atom is -0.341 e. The molecule has 1 fully saturated rings. The van der Waals surface area contributed by atoms with Crippen molar-refractivity contribution in [2.75, 3.05) is 13.1 Å². The van der Waals surface area contributed by atoms with Crippen molar-refractivity contribution in [1.82, 2.24) is 4.90 Å². The van der Waals surface area contributed by atoms with Gasteiger partial charge in [-0.15, -0.1) is 0 Å². The molecule has 1 rings (SSSR count). The van der Waals surface area contributed by atoms with E-state index in [1.54, 1.807) is 0 Å². The van der Waals surface area contributed by atoms with Gasteiger partial charge in [0.25, 0.3) is 0 Å². The van der Waals surface area contributed by atoms with E-state index in [0.717, 1.165) is 32.4 Å². The van der Waals surface area contributed by atoms with Crippen LogP contribution in [0.5, 0.6) is 0 Å². The van der Waals surface area contributed by atoms with Gasteiger partial charge in [0, 0.05) is 25.6 Å². The Morgan fingerprint density at radius 1 is 1.64 bits per heavy atom. The first-order chi connectivity index (χ1) is 6.63. The van der Waals surface area contributed by atoms with Gasteiger partial charge in [-0.3, -0.25) is 4.79 Å². The first-order valence-corrected chi connectivity index (χ1v) is 5.66. The van der Waals surface area contributed by atoms with Crippen molar-refractivity contribution < 1.29 is 4.79 Å². The monoisotopic (exact) mass is 198 g/mol. The molecule has 1 amide bonds. The van der Waals surface area contributed by atoms with Gasteiger partial charge in [-0.2, -0.15) is 0 Å². The molecule has 2 N–H and O–H groups in total. The molecule has 1 aliphatic rings. The Kier molecular flexibility index (Phi) is 4.39. The third kappa shape index (κ3) is 3.29. The Morgan fingerprint density at radius 2 is 2.36 bits per heavy atom. The molecule has 3 heteroatoms. The maximum atomic E-state index is 11.8. The molecule has 3 nitrogen and oxygen atoms in total. The van der Waals surface area contributed by atoms with E-state index in [0.29, 0.717) is 12.3 Å². The third-order valence-electron chi connectivity index (χ3n) is 3.03. The molecule has 0 saturated carbocycles. The van der Waals surface area contributed by atoms with Crippen LogP contribution < -0.4 is 5.73 Å². The molecule has 1 saturated heterocycles. The van der Waals surface area contributed by atoms with Crippen LogP contribution in [0.3, 0.4) is 0 Å². The van der Waals surface area contributed by atoms with E-state index in [4.69, 9.17) is 5.73 Å². The maximum Gasteiger partial charge on any atom is 0.222 e. The highest BCUT2D eigenvalue weighted by Crippen LogP contribution is 2.13. The van der Waals surface area contributed by atoms with Gasteiger partial charge in [0.1, 0.15) is 0 Å². The summed E-state index contributed by atoms with van der Waals surface area (Å²) in [6, 6.07) is 0.199. The number of hydrogen-bond donors (Lipinski definition) is 1. The average molecular weight is 198 g/mol. The normalized spacial score (nSPS) is 24.8. The average Bonchev–Trinajstić information content (AvgIpc) is 2.17. The van der Waals surface area contributed by atoms with Crippen LogP contribution in [0, 0.1) is 5.92 Å². The molecule has 14 heavy (non-hydrogen) atoms. The maximum absolute atomic E-state index is 11.8. The van der Waals surface area contributed by atoms with Crippen LogP contribution in [0.4, 0.5) is 0 Å². The number of piperidine rings is 1. The molecular formula is C11H22N2O. The van der Waals surface area contributed by atoms with Crippen LogP contribution in [0.2, 0.25) is 0 Å². The van der Waals surface area contributed by atoms with Gasteiger partial charge in [0.2, 0.25) is 5.91 Å². The standard InChI is InChI=1S/C11H22N2O/c1-3-9(2)7-11(14)13-6-4-5-10(12)8-13/h9-10H,3-8,12H2,1-2H3/t9-,10+/m0/s1. The highest BCUT2D eigenvalue weighted by atomic mass is 16.2. The molecule has 0 radical (unpaired) electrons. The largest absolute Gasteiger partial charge is 0.341 e. The molecule has 0 aromatic carbocycles. The van der Waals surface area contributed by atoms with Gasteiger partial charge in [0.15, 0.2) is 0 Å². The zero-order valence-electron chi connectivity index (χ0n) is 9.33. The number of likely N-dealkylation sites (tertiary alicyclic amines) is 1. The lowest BCUT2D eigenvalue weighted by molar-refractivity contribution is -0.133. The number of nitrogens with two attached hydrogens (primary N) is 1. The number of hydrogen-bond acceptors (Lipinski definition) is 2. The lowest BCUT2D eigenvalue weighted by Crippen LogP contribution is -2.46. The first kappa shape index (κ1) is 11.5. The van der Waals surface area contributed by atoms with Crippen LogP contribution in [-0.2, 0) is 4.79 Å². The predicted octanol–water partition coefficient (Wildman–Crippen LogP) is 1.37. The van der Waals surface area contributed by atoms with Gasteiger partial charge >= 0.3 is 0 Å². The number of nitrogens with zero attached hydrogens (tertiary/aromatic N) is 1. The lowest BCUT2D eigenvalue weighted by Gasteiger charge is -2.31. The van der Waals surface area contributed by atoms with Crippen LogP contribution in [0.25, 0.3) is 0 Å². The van der Waals surface area contributed by atoms with E-state index in [1.165, 1.54) is 0 Å². The highest BCUT2D eigenvalue weighted by Gasteiger charge is 2.21. The van der Waals surface area contributed by atoms with E-state index in [-0.39, 0.29) is 11.9 Å². The molecule has 0 aromatic rings. The van der Waals surface area contributed by atoms with Gasteiger partial charge in [-0.1, -0.05) is 20.3 Å². The van der Waals surface area contributed by atoms with E-state index >= 15 is 0 Å². The number of carbonyl (C=O) groups is 1.